The molecule has 226 valence electrons. The maximum atomic E-state index is 12.9. The second-order valence-electron chi connectivity index (χ2n) is 14.7. The molecule has 5 unspecified atom stereocenters. The average Bonchev–Trinajstić information content (AvgIpc) is 3.56. The van der Waals surface area contributed by atoms with Gasteiger partial charge in [-0.15, -0.1) is 0 Å². The minimum absolute atomic E-state index is 0.00697. The first kappa shape index (κ1) is 28.9. The normalized spacial score (nSPS) is 45.8. The Kier molecular flexibility index (Phi) is 8.30. The minimum atomic E-state index is -0.142. The lowest BCUT2D eigenvalue weighted by molar-refractivity contribution is -0.182. The maximum Gasteiger partial charge on any atom is 0.306 e. The summed E-state index contributed by atoms with van der Waals surface area (Å²) in [5.41, 5.74) is 0.323. The lowest BCUT2D eigenvalue weighted by atomic mass is 9.44. The Labute approximate surface area is 242 Å². The van der Waals surface area contributed by atoms with Gasteiger partial charge >= 0.3 is 11.9 Å². The summed E-state index contributed by atoms with van der Waals surface area (Å²) in [7, 11) is 0. The van der Waals surface area contributed by atoms with Gasteiger partial charge in [-0.1, -0.05) is 20.8 Å². The largest absolute Gasteiger partial charge is 0.461 e. The molecular weight excluding hydrogens is 504 g/mol. The summed E-state index contributed by atoms with van der Waals surface area (Å²) in [6.45, 7) is 14.4. The van der Waals surface area contributed by atoms with Crippen molar-refractivity contribution in [1.82, 2.24) is 9.80 Å². The summed E-state index contributed by atoms with van der Waals surface area (Å²) in [6, 6.07) is 0.660. The summed E-state index contributed by atoms with van der Waals surface area (Å²) < 4.78 is 18.2. The van der Waals surface area contributed by atoms with Crippen LogP contribution in [0.4, 0.5) is 0 Å². The number of ether oxygens (including phenoxy) is 3. The van der Waals surface area contributed by atoms with Crippen LogP contribution in [0.5, 0.6) is 0 Å². The fraction of sp³-hybridized carbons (Fsp3) is 0.939. The first-order chi connectivity index (χ1) is 19.2. The molecule has 40 heavy (non-hydrogen) atoms. The molecule has 0 spiro atoms. The molecule has 0 radical (unpaired) electrons. The van der Waals surface area contributed by atoms with Crippen molar-refractivity contribution in [2.75, 3.05) is 39.4 Å². The van der Waals surface area contributed by atoms with Crippen molar-refractivity contribution in [3.8, 4) is 0 Å². The Morgan fingerprint density at radius 3 is 2.30 bits per heavy atom. The van der Waals surface area contributed by atoms with E-state index < -0.39 is 0 Å². The molecule has 6 rings (SSSR count). The molecular formula is C33H54N2O5. The first-order valence-corrected chi connectivity index (χ1v) is 16.7. The van der Waals surface area contributed by atoms with E-state index in [2.05, 4.69) is 30.6 Å². The Hall–Kier alpha value is -1.18. The van der Waals surface area contributed by atoms with Gasteiger partial charge in [0.15, 0.2) is 0 Å². The van der Waals surface area contributed by atoms with Crippen LogP contribution in [0.25, 0.3) is 0 Å². The zero-order chi connectivity index (χ0) is 28.1. The fourth-order valence-corrected chi connectivity index (χ4v) is 10.9. The van der Waals surface area contributed by atoms with E-state index in [0.29, 0.717) is 36.1 Å². The molecule has 6 fully saturated rings. The van der Waals surface area contributed by atoms with Gasteiger partial charge in [0.05, 0.1) is 13.2 Å². The van der Waals surface area contributed by atoms with Gasteiger partial charge in [-0.25, -0.2) is 0 Å². The van der Waals surface area contributed by atoms with Crippen molar-refractivity contribution in [2.24, 2.45) is 34.5 Å². The molecule has 0 bridgehead atoms. The minimum Gasteiger partial charge on any atom is -0.461 e. The summed E-state index contributed by atoms with van der Waals surface area (Å²) >= 11 is 0. The summed E-state index contributed by atoms with van der Waals surface area (Å²) in [6.07, 6.45) is 12.1. The van der Waals surface area contributed by atoms with Crippen LogP contribution >= 0.6 is 0 Å². The molecule has 0 N–H and O–H groups in total. The van der Waals surface area contributed by atoms with E-state index in [0.717, 1.165) is 65.1 Å². The van der Waals surface area contributed by atoms with E-state index >= 15 is 0 Å². The van der Waals surface area contributed by atoms with Crippen molar-refractivity contribution >= 4 is 11.9 Å². The monoisotopic (exact) mass is 558 g/mol. The number of hydrogen-bond acceptors (Lipinski definition) is 7. The van der Waals surface area contributed by atoms with Crippen LogP contribution in [-0.4, -0.2) is 85.4 Å². The summed E-state index contributed by atoms with van der Waals surface area (Å²) in [4.78, 5) is 30.3. The van der Waals surface area contributed by atoms with Gasteiger partial charge in [0.1, 0.15) is 12.2 Å². The molecule has 0 amide bonds. The summed E-state index contributed by atoms with van der Waals surface area (Å²) in [5, 5.41) is 0. The lowest BCUT2D eigenvalue weighted by Crippen LogP contribution is -2.61. The number of hydrogen-bond donors (Lipinski definition) is 0. The first-order valence-electron chi connectivity index (χ1n) is 16.7. The molecule has 7 heteroatoms. The molecule has 0 aromatic heterocycles. The second-order valence-corrected chi connectivity index (χ2v) is 14.7. The molecule has 6 aliphatic rings. The lowest BCUT2D eigenvalue weighted by Gasteiger charge is -2.62. The second kappa shape index (κ2) is 11.5. The topological polar surface area (TPSA) is 68.3 Å². The van der Waals surface area contributed by atoms with Crippen LogP contribution in [0.1, 0.15) is 98.3 Å². The van der Waals surface area contributed by atoms with Crippen molar-refractivity contribution in [3.63, 3.8) is 0 Å². The number of rotatable bonds is 6. The Morgan fingerprint density at radius 1 is 0.875 bits per heavy atom. The number of carbonyl (C=O) groups excluding carboxylic acids is 2. The van der Waals surface area contributed by atoms with Crippen molar-refractivity contribution in [3.05, 3.63) is 0 Å². The Balaban J connectivity index is 1.27. The van der Waals surface area contributed by atoms with E-state index in [9.17, 15) is 9.59 Å². The van der Waals surface area contributed by atoms with Crippen LogP contribution in [-0.2, 0) is 23.8 Å². The van der Waals surface area contributed by atoms with Crippen LogP contribution in [0.2, 0.25) is 0 Å². The average molecular weight is 559 g/mol. The van der Waals surface area contributed by atoms with Gasteiger partial charge in [-0.3, -0.25) is 19.4 Å². The third kappa shape index (κ3) is 5.04. The smallest absolute Gasteiger partial charge is 0.306 e. The van der Waals surface area contributed by atoms with Gasteiger partial charge in [0.2, 0.25) is 0 Å². The zero-order valence-corrected chi connectivity index (χ0v) is 25.6. The quantitative estimate of drug-likeness (QED) is 0.422. The van der Waals surface area contributed by atoms with Gasteiger partial charge in [0.25, 0.3) is 0 Å². The number of nitrogens with zero attached hydrogens (tertiary/aromatic N) is 2. The summed E-state index contributed by atoms with van der Waals surface area (Å²) in [5.74, 6) is 2.46. The number of esters is 2. The molecule has 2 heterocycles. The highest BCUT2D eigenvalue weighted by Gasteiger charge is 2.65. The van der Waals surface area contributed by atoms with E-state index in [1.807, 2.05) is 0 Å². The van der Waals surface area contributed by atoms with Gasteiger partial charge in [-0.05, 0) is 106 Å². The standard InChI is InChI=1S/C33H54N2O5/c1-5-8-30(37)40-31-27(34-13-6-7-14-34)20-26-24-10-9-23-19-29(39-22(2)36)28(35-15-17-38-18-16-35)21-33(23,4)25(24)11-12-32(26,31)3/h23-29,31H,5-21H2,1-4H3/t23?,24-,25-,26+,27?,28?,29?,31?,32+,33+/m1/s1. The third-order valence-corrected chi connectivity index (χ3v) is 12.7. The molecule has 2 aliphatic heterocycles. The number of likely N-dealkylation sites (tertiary alicyclic amines) is 1. The zero-order valence-electron chi connectivity index (χ0n) is 25.6. The van der Waals surface area contributed by atoms with Crippen LogP contribution < -0.4 is 0 Å². The maximum absolute atomic E-state index is 12.9. The fourth-order valence-electron chi connectivity index (χ4n) is 10.9. The highest BCUT2D eigenvalue weighted by molar-refractivity contribution is 5.69. The SMILES string of the molecule is CCCC(=O)OC1C(N2CCCC2)C[C@H]2[C@@H]3CCC4CC(OC(C)=O)C(N5CCOCC5)C[C@]4(C)[C@@H]3CC[C@]12C. The number of carbonyl (C=O) groups is 2. The van der Waals surface area contributed by atoms with Crippen LogP contribution in [0, 0.1) is 34.5 Å². The van der Waals surface area contributed by atoms with E-state index in [1.165, 1.54) is 38.5 Å². The van der Waals surface area contributed by atoms with E-state index in [-0.39, 0.29) is 41.0 Å². The van der Waals surface area contributed by atoms with E-state index in [1.54, 1.807) is 6.92 Å². The van der Waals surface area contributed by atoms with Gasteiger partial charge in [-0.2, -0.15) is 0 Å². The van der Waals surface area contributed by atoms with E-state index in [4.69, 9.17) is 14.2 Å². The van der Waals surface area contributed by atoms with Crippen LogP contribution in [0.3, 0.4) is 0 Å². The van der Waals surface area contributed by atoms with Crippen molar-refractivity contribution < 1.29 is 23.8 Å². The molecule has 10 atom stereocenters. The highest BCUT2D eigenvalue weighted by atomic mass is 16.5. The third-order valence-electron chi connectivity index (χ3n) is 12.7. The van der Waals surface area contributed by atoms with Crippen molar-refractivity contribution in [2.45, 2.75) is 123 Å². The van der Waals surface area contributed by atoms with Gasteiger partial charge in [0, 0.05) is 43.9 Å². The highest BCUT2D eigenvalue weighted by Crippen LogP contribution is 2.67. The molecule has 2 saturated heterocycles. The van der Waals surface area contributed by atoms with Gasteiger partial charge < -0.3 is 14.2 Å². The molecule has 0 aromatic rings. The predicted octanol–water partition coefficient (Wildman–Crippen LogP) is 5.06. The predicted molar refractivity (Wildman–Crippen MR) is 154 cm³/mol. The molecule has 4 aliphatic carbocycles. The Bertz CT molecular complexity index is 932. The Morgan fingerprint density at radius 2 is 1.60 bits per heavy atom. The number of fused-ring (bicyclic) bond motifs is 5. The number of morpholine rings is 1. The molecule has 0 aromatic carbocycles. The molecule has 4 saturated carbocycles. The molecule has 7 nitrogen and oxygen atoms in total. The van der Waals surface area contributed by atoms with Crippen LogP contribution in [0.15, 0.2) is 0 Å². The van der Waals surface area contributed by atoms with Crippen molar-refractivity contribution in [1.29, 1.82) is 0 Å².